The molecule has 0 unspecified atom stereocenters. The molecule has 1 heterocycles. The maximum Gasteiger partial charge on any atom is 0.256 e. The molecule has 1 aromatic carbocycles. The second-order valence-corrected chi connectivity index (χ2v) is 5.77. The molecule has 1 aliphatic rings. The van der Waals surface area contributed by atoms with Crippen LogP contribution in [-0.2, 0) is 13.6 Å². The lowest BCUT2D eigenvalue weighted by Gasteiger charge is -2.23. The van der Waals surface area contributed by atoms with Gasteiger partial charge in [0.1, 0.15) is 5.82 Å². The minimum atomic E-state index is -0.0854. The van der Waals surface area contributed by atoms with Crippen LogP contribution in [0.15, 0.2) is 30.6 Å². The topological polar surface area (TPSA) is 64.2 Å². The Morgan fingerprint density at radius 3 is 2.90 bits per heavy atom. The summed E-state index contributed by atoms with van der Waals surface area (Å²) in [5.74, 6) is 0.771. The molecule has 0 radical (unpaired) electrons. The van der Waals surface area contributed by atoms with Crippen molar-refractivity contribution in [3.05, 3.63) is 47.0 Å². The average Bonchev–Trinajstić information content (AvgIpc) is 3.22. The van der Waals surface area contributed by atoms with Crippen molar-refractivity contribution in [2.45, 2.75) is 25.4 Å². The number of carbonyl (C=O) groups is 1. The van der Waals surface area contributed by atoms with E-state index in [-0.39, 0.29) is 11.9 Å². The van der Waals surface area contributed by atoms with Gasteiger partial charge in [-0.15, -0.1) is 0 Å². The van der Waals surface area contributed by atoms with E-state index in [1.54, 1.807) is 24.4 Å². The van der Waals surface area contributed by atoms with Crippen LogP contribution in [0.25, 0.3) is 0 Å². The fourth-order valence-corrected chi connectivity index (χ4v) is 2.51. The van der Waals surface area contributed by atoms with Crippen molar-refractivity contribution in [2.24, 2.45) is 7.05 Å². The molecule has 2 N–H and O–H groups in total. The number of nitrogens with zero attached hydrogens (tertiary/aromatic N) is 3. The third-order valence-electron chi connectivity index (χ3n) is 3.70. The van der Waals surface area contributed by atoms with E-state index < -0.39 is 0 Å². The number of nitrogens with two attached hydrogens (primary N) is 1. The zero-order chi connectivity index (χ0) is 15.0. The standard InChI is InChI=1S/C15H17ClN4O/c1-19-7-6-18-14(19)9-20(11-3-4-11)15(21)12-8-10(17)2-5-13(12)16/h2,5-8,11H,3-4,9,17H2,1H3. The molecule has 1 aromatic heterocycles. The molecule has 0 spiro atoms. The number of anilines is 1. The molecule has 1 aliphatic carbocycles. The largest absolute Gasteiger partial charge is 0.399 e. The van der Waals surface area contributed by atoms with Crippen LogP contribution in [0, 0.1) is 0 Å². The summed E-state index contributed by atoms with van der Waals surface area (Å²) in [5, 5.41) is 0.430. The molecule has 110 valence electrons. The first-order valence-corrected chi connectivity index (χ1v) is 7.26. The first-order valence-electron chi connectivity index (χ1n) is 6.88. The summed E-state index contributed by atoms with van der Waals surface area (Å²) in [6, 6.07) is 5.26. The lowest BCUT2D eigenvalue weighted by atomic mass is 10.1. The van der Waals surface area contributed by atoms with E-state index in [0.29, 0.717) is 22.8 Å². The second-order valence-electron chi connectivity index (χ2n) is 5.36. The van der Waals surface area contributed by atoms with Gasteiger partial charge in [0.05, 0.1) is 17.1 Å². The fraction of sp³-hybridized carbons (Fsp3) is 0.333. The van der Waals surface area contributed by atoms with Crippen LogP contribution in [-0.4, -0.2) is 26.4 Å². The summed E-state index contributed by atoms with van der Waals surface area (Å²) < 4.78 is 1.92. The van der Waals surface area contributed by atoms with Crippen molar-refractivity contribution >= 4 is 23.2 Å². The van der Waals surface area contributed by atoms with Crippen molar-refractivity contribution in [1.29, 1.82) is 0 Å². The van der Waals surface area contributed by atoms with Gasteiger partial charge in [0.25, 0.3) is 5.91 Å². The molecule has 1 amide bonds. The summed E-state index contributed by atoms with van der Waals surface area (Å²) in [4.78, 5) is 18.9. The van der Waals surface area contributed by atoms with Crippen LogP contribution in [0.3, 0.4) is 0 Å². The normalized spacial score (nSPS) is 14.2. The van der Waals surface area contributed by atoms with E-state index in [2.05, 4.69) is 4.98 Å². The Morgan fingerprint density at radius 2 is 2.29 bits per heavy atom. The van der Waals surface area contributed by atoms with Crippen LogP contribution in [0.1, 0.15) is 29.0 Å². The molecule has 6 heteroatoms. The highest BCUT2D eigenvalue weighted by Crippen LogP contribution is 2.31. The molecule has 3 rings (SSSR count). The van der Waals surface area contributed by atoms with Gasteiger partial charge >= 0.3 is 0 Å². The maximum absolute atomic E-state index is 12.8. The lowest BCUT2D eigenvalue weighted by Crippen LogP contribution is -2.33. The first-order chi connectivity index (χ1) is 10.1. The Hall–Kier alpha value is -2.01. The van der Waals surface area contributed by atoms with Crippen molar-refractivity contribution in [3.63, 3.8) is 0 Å². The monoisotopic (exact) mass is 304 g/mol. The summed E-state index contributed by atoms with van der Waals surface area (Å²) in [5.41, 5.74) is 6.77. The van der Waals surface area contributed by atoms with Crippen LogP contribution < -0.4 is 5.73 Å². The number of halogens is 1. The first kappa shape index (κ1) is 13.9. The molecule has 2 aromatic rings. The number of hydrogen-bond donors (Lipinski definition) is 1. The Kier molecular flexibility index (Phi) is 3.59. The van der Waals surface area contributed by atoms with Gasteiger partial charge in [-0.3, -0.25) is 4.79 Å². The van der Waals surface area contributed by atoms with Crippen molar-refractivity contribution in [1.82, 2.24) is 14.5 Å². The molecule has 0 saturated heterocycles. The van der Waals surface area contributed by atoms with Gasteiger partial charge in [-0.1, -0.05) is 11.6 Å². The number of amides is 1. The Bertz CT molecular complexity index is 678. The van der Waals surface area contributed by atoms with E-state index in [9.17, 15) is 4.79 Å². The zero-order valence-corrected chi connectivity index (χ0v) is 12.5. The predicted octanol–water partition coefficient (Wildman–Crippen LogP) is 2.46. The molecule has 1 fully saturated rings. The van der Waals surface area contributed by atoms with Gasteiger partial charge in [0.15, 0.2) is 0 Å². The molecular formula is C15H17ClN4O. The Labute approximate surface area is 128 Å². The Balaban J connectivity index is 1.88. The van der Waals surface area contributed by atoms with Crippen LogP contribution in [0.2, 0.25) is 5.02 Å². The predicted molar refractivity (Wildman–Crippen MR) is 82.0 cm³/mol. The third-order valence-corrected chi connectivity index (χ3v) is 4.03. The maximum atomic E-state index is 12.8. The summed E-state index contributed by atoms with van der Waals surface area (Å²) in [6.45, 7) is 0.484. The summed E-state index contributed by atoms with van der Waals surface area (Å²) >= 11 is 6.15. The van der Waals surface area contributed by atoms with Crippen LogP contribution in [0.4, 0.5) is 5.69 Å². The number of aryl methyl sites for hydroxylation is 1. The number of benzene rings is 1. The minimum absolute atomic E-state index is 0.0854. The molecule has 5 nitrogen and oxygen atoms in total. The molecular weight excluding hydrogens is 288 g/mol. The Morgan fingerprint density at radius 1 is 1.52 bits per heavy atom. The van der Waals surface area contributed by atoms with Crippen molar-refractivity contribution < 1.29 is 4.79 Å². The van der Waals surface area contributed by atoms with Crippen molar-refractivity contribution in [2.75, 3.05) is 5.73 Å². The molecule has 0 atom stereocenters. The number of carbonyl (C=O) groups excluding carboxylic acids is 1. The SMILES string of the molecule is Cn1ccnc1CN(C(=O)c1cc(N)ccc1Cl)C1CC1. The van der Waals surface area contributed by atoms with Gasteiger partial charge in [-0.2, -0.15) is 0 Å². The van der Waals surface area contributed by atoms with E-state index in [1.807, 2.05) is 22.7 Å². The van der Waals surface area contributed by atoms with Gasteiger partial charge in [0.2, 0.25) is 0 Å². The minimum Gasteiger partial charge on any atom is -0.399 e. The quantitative estimate of drug-likeness (QED) is 0.883. The number of imidazole rings is 1. The van der Waals surface area contributed by atoms with Crippen molar-refractivity contribution in [3.8, 4) is 0 Å². The number of aromatic nitrogens is 2. The lowest BCUT2D eigenvalue weighted by molar-refractivity contribution is 0.0724. The number of rotatable bonds is 4. The highest BCUT2D eigenvalue weighted by atomic mass is 35.5. The molecule has 1 saturated carbocycles. The highest BCUT2D eigenvalue weighted by Gasteiger charge is 2.34. The number of nitrogen functional groups attached to an aromatic ring is 1. The number of hydrogen-bond acceptors (Lipinski definition) is 3. The molecule has 0 aliphatic heterocycles. The third kappa shape index (κ3) is 2.88. The van der Waals surface area contributed by atoms with E-state index >= 15 is 0 Å². The highest BCUT2D eigenvalue weighted by molar-refractivity contribution is 6.34. The zero-order valence-electron chi connectivity index (χ0n) is 11.8. The van der Waals surface area contributed by atoms with Gasteiger partial charge in [-0.25, -0.2) is 4.98 Å². The van der Waals surface area contributed by atoms with Crippen LogP contribution >= 0.6 is 11.6 Å². The van der Waals surface area contributed by atoms with Gasteiger partial charge in [-0.05, 0) is 31.0 Å². The van der Waals surface area contributed by atoms with Crippen LogP contribution in [0.5, 0.6) is 0 Å². The smallest absolute Gasteiger partial charge is 0.256 e. The second kappa shape index (κ2) is 5.41. The van der Waals surface area contributed by atoms with E-state index in [0.717, 1.165) is 18.7 Å². The van der Waals surface area contributed by atoms with E-state index in [1.165, 1.54) is 0 Å². The van der Waals surface area contributed by atoms with Gasteiger partial charge < -0.3 is 15.2 Å². The summed E-state index contributed by atoms with van der Waals surface area (Å²) in [6.07, 6.45) is 5.66. The average molecular weight is 305 g/mol. The summed E-state index contributed by atoms with van der Waals surface area (Å²) in [7, 11) is 1.92. The van der Waals surface area contributed by atoms with E-state index in [4.69, 9.17) is 17.3 Å². The van der Waals surface area contributed by atoms with Gasteiger partial charge in [0, 0.05) is 31.2 Å². The molecule has 0 bridgehead atoms. The fourth-order valence-electron chi connectivity index (χ4n) is 2.32. The molecule has 21 heavy (non-hydrogen) atoms.